The number of carbonyl (C=O) groups is 1. The van der Waals surface area contributed by atoms with Gasteiger partial charge in [0.05, 0.1) is 0 Å². The summed E-state index contributed by atoms with van der Waals surface area (Å²) in [6.07, 6.45) is 8.02. The van der Waals surface area contributed by atoms with E-state index in [1.54, 1.807) is 0 Å². The van der Waals surface area contributed by atoms with Crippen molar-refractivity contribution in [2.75, 3.05) is 13.1 Å². The van der Waals surface area contributed by atoms with Crippen molar-refractivity contribution < 1.29 is 4.79 Å². The van der Waals surface area contributed by atoms with Crippen molar-refractivity contribution in [1.29, 1.82) is 0 Å². The molecule has 1 aromatic rings. The number of benzene rings is 1. The number of likely N-dealkylation sites (tertiary alicyclic amines) is 1. The SMILES string of the molecule is NC1C2CCCC1CC(C(=O)NC1CCCN(Cc3ccccc3)C1)C2. The molecule has 26 heavy (non-hydrogen) atoms. The average molecular weight is 356 g/mol. The van der Waals surface area contributed by atoms with E-state index < -0.39 is 0 Å². The Morgan fingerprint density at radius 1 is 1.08 bits per heavy atom. The van der Waals surface area contributed by atoms with Gasteiger partial charge in [0.1, 0.15) is 0 Å². The summed E-state index contributed by atoms with van der Waals surface area (Å²) in [6.45, 7) is 3.08. The first-order valence-corrected chi connectivity index (χ1v) is 10.5. The maximum atomic E-state index is 12.9. The predicted molar refractivity (Wildman–Crippen MR) is 104 cm³/mol. The van der Waals surface area contributed by atoms with E-state index in [1.807, 2.05) is 0 Å². The van der Waals surface area contributed by atoms with E-state index in [0.717, 1.165) is 38.9 Å². The Morgan fingerprint density at radius 3 is 2.54 bits per heavy atom. The van der Waals surface area contributed by atoms with Crippen LogP contribution in [0.3, 0.4) is 0 Å². The molecule has 4 rings (SSSR count). The molecular formula is C22H33N3O. The highest BCUT2D eigenvalue weighted by molar-refractivity contribution is 5.79. The van der Waals surface area contributed by atoms with Crippen LogP contribution in [0.1, 0.15) is 50.5 Å². The van der Waals surface area contributed by atoms with Gasteiger partial charge in [-0.1, -0.05) is 36.8 Å². The molecule has 2 aliphatic carbocycles. The average Bonchev–Trinajstić information content (AvgIpc) is 2.62. The van der Waals surface area contributed by atoms with Gasteiger partial charge in [0, 0.05) is 31.1 Å². The van der Waals surface area contributed by atoms with Crippen LogP contribution < -0.4 is 11.1 Å². The summed E-state index contributed by atoms with van der Waals surface area (Å²) in [5.74, 6) is 1.62. The van der Waals surface area contributed by atoms with Gasteiger partial charge in [0.25, 0.3) is 0 Å². The number of nitrogens with two attached hydrogens (primary N) is 1. The first-order valence-electron chi connectivity index (χ1n) is 10.5. The molecule has 1 amide bonds. The zero-order chi connectivity index (χ0) is 17.9. The third kappa shape index (κ3) is 4.12. The van der Waals surface area contributed by atoms with Crippen molar-refractivity contribution in [1.82, 2.24) is 10.2 Å². The van der Waals surface area contributed by atoms with Gasteiger partial charge in [-0.05, 0) is 62.5 Å². The number of nitrogens with one attached hydrogen (secondary N) is 1. The van der Waals surface area contributed by atoms with Gasteiger partial charge in [0.15, 0.2) is 0 Å². The Kier molecular flexibility index (Phi) is 5.60. The van der Waals surface area contributed by atoms with Crippen molar-refractivity contribution in [2.45, 2.75) is 63.6 Å². The molecular weight excluding hydrogens is 322 g/mol. The molecule has 1 aromatic carbocycles. The molecule has 3 N–H and O–H groups in total. The van der Waals surface area contributed by atoms with E-state index in [4.69, 9.17) is 5.73 Å². The van der Waals surface area contributed by atoms with E-state index in [-0.39, 0.29) is 5.92 Å². The maximum absolute atomic E-state index is 12.9. The second kappa shape index (κ2) is 8.10. The summed E-state index contributed by atoms with van der Waals surface area (Å²) in [6, 6.07) is 11.3. The molecule has 2 bridgehead atoms. The minimum absolute atomic E-state index is 0.189. The number of rotatable bonds is 4. The quantitative estimate of drug-likeness (QED) is 0.873. The van der Waals surface area contributed by atoms with E-state index in [1.165, 1.54) is 31.2 Å². The van der Waals surface area contributed by atoms with Crippen LogP contribution in [-0.2, 0) is 11.3 Å². The summed E-state index contributed by atoms with van der Waals surface area (Å²) in [7, 11) is 0. The fourth-order valence-electron chi connectivity index (χ4n) is 5.48. The lowest BCUT2D eigenvalue weighted by atomic mass is 9.65. The number of carbonyl (C=O) groups excluding carboxylic acids is 1. The number of fused-ring (bicyclic) bond motifs is 2. The molecule has 3 fully saturated rings. The summed E-state index contributed by atoms with van der Waals surface area (Å²) >= 11 is 0. The Labute approximate surface area is 157 Å². The molecule has 1 aliphatic heterocycles. The lowest BCUT2D eigenvalue weighted by molar-refractivity contribution is -0.129. The van der Waals surface area contributed by atoms with E-state index in [0.29, 0.717) is 29.8 Å². The van der Waals surface area contributed by atoms with E-state index in [2.05, 4.69) is 40.5 Å². The topological polar surface area (TPSA) is 58.4 Å². The van der Waals surface area contributed by atoms with Crippen LogP contribution >= 0.6 is 0 Å². The number of hydrogen-bond acceptors (Lipinski definition) is 3. The maximum Gasteiger partial charge on any atom is 0.223 e. The van der Waals surface area contributed by atoms with Gasteiger partial charge in [-0.15, -0.1) is 0 Å². The number of piperidine rings is 1. The molecule has 2 saturated carbocycles. The van der Waals surface area contributed by atoms with Crippen molar-refractivity contribution in [3.63, 3.8) is 0 Å². The second-order valence-electron chi connectivity index (χ2n) is 8.77. The lowest BCUT2D eigenvalue weighted by Crippen LogP contribution is -2.52. The largest absolute Gasteiger partial charge is 0.352 e. The van der Waals surface area contributed by atoms with Gasteiger partial charge in [-0.2, -0.15) is 0 Å². The van der Waals surface area contributed by atoms with Crippen LogP contribution in [0.25, 0.3) is 0 Å². The van der Waals surface area contributed by atoms with Gasteiger partial charge < -0.3 is 11.1 Å². The lowest BCUT2D eigenvalue weighted by Gasteiger charge is -2.44. The van der Waals surface area contributed by atoms with Crippen molar-refractivity contribution in [3.8, 4) is 0 Å². The van der Waals surface area contributed by atoms with Crippen molar-refractivity contribution >= 4 is 5.91 Å². The minimum atomic E-state index is 0.189. The molecule has 0 spiro atoms. The minimum Gasteiger partial charge on any atom is -0.352 e. The van der Waals surface area contributed by atoms with Crippen LogP contribution in [0.15, 0.2) is 30.3 Å². The van der Waals surface area contributed by atoms with Gasteiger partial charge in [0.2, 0.25) is 5.91 Å². The Hall–Kier alpha value is -1.39. The smallest absolute Gasteiger partial charge is 0.223 e. The molecule has 0 radical (unpaired) electrons. The van der Waals surface area contributed by atoms with Crippen LogP contribution in [0.5, 0.6) is 0 Å². The van der Waals surface area contributed by atoms with Gasteiger partial charge in [-0.3, -0.25) is 9.69 Å². The van der Waals surface area contributed by atoms with E-state index in [9.17, 15) is 4.79 Å². The Bertz CT molecular complexity index is 591. The van der Waals surface area contributed by atoms with Crippen LogP contribution in [0.2, 0.25) is 0 Å². The first-order chi connectivity index (χ1) is 12.7. The standard InChI is InChI=1S/C22H33N3O/c23-21-17-8-4-9-18(21)13-19(12-17)22(26)24-20-10-5-11-25(15-20)14-16-6-2-1-3-7-16/h1-3,6-7,17-21H,4-5,8-15,23H2,(H,24,26). The third-order valence-electron chi connectivity index (χ3n) is 6.88. The molecule has 142 valence electrons. The van der Waals surface area contributed by atoms with Crippen molar-refractivity contribution in [2.24, 2.45) is 23.5 Å². The van der Waals surface area contributed by atoms with E-state index >= 15 is 0 Å². The monoisotopic (exact) mass is 355 g/mol. The fourth-order valence-corrected chi connectivity index (χ4v) is 5.48. The highest BCUT2D eigenvalue weighted by Crippen LogP contribution is 2.41. The fraction of sp³-hybridized carbons (Fsp3) is 0.682. The molecule has 0 aromatic heterocycles. The summed E-state index contributed by atoms with van der Waals surface area (Å²) in [5, 5.41) is 3.39. The Balaban J connectivity index is 1.30. The predicted octanol–water partition coefficient (Wildman–Crippen LogP) is 2.92. The van der Waals surface area contributed by atoms with Crippen LogP contribution in [0, 0.1) is 17.8 Å². The highest BCUT2D eigenvalue weighted by Gasteiger charge is 2.40. The van der Waals surface area contributed by atoms with Crippen LogP contribution in [-0.4, -0.2) is 36.0 Å². The molecule has 3 unspecified atom stereocenters. The zero-order valence-electron chi connectivity index (χ0n) is 15.8. The Morgan fingerprint density at radius 2 is 1.81 bits per heavy atom. The summed E-state index contributed by atoms with van der Waals surface area (Å²) in [5.41, 5.74) is 7.74. The summed E-state index contributed by atoms with van der Waals surface area (Å²) < 4.78 is 0. The summed E-state index contributed by atoms with van der Waals surface area (Å²) in [4.78, 5) is 15.4. The second-order valence-corrected chi connectivity index (χ2v) is 8.77. The number of hydrogen-bond donors (Lipinski definition) is 2. The molecule has 1 heterocycles. The highest BCUT2D eigenvalue weighted by atomic mass is 16.2. The molecule has 3 atom stereocenters. The third-order valence-corrected chi connectivity index (χ3v) is 6.88. The molecule has 4 nitrogen and oxygen atoms in total. The molecule has 3 aliphatic rings. The number of amides is 1. The molecule has 1 saturated heterocycles. The zero-order valence-corrected chi connectivity index (χ0v) is 15.8. The van der Waals surface area contributed by atoms with Gasteiger partial charge in [-0.25, -0.2) is 0 Å². The molecule has 4 heteroatoms. The van der Waals surface area contributed by atoms with Gasteiger partial charge >= 0.3 is 0 Å². The normalized spacial score (nSPS) is 35.0. The van der Waals surface area contributed by atoms with Crippen LogP contribution in [0.4, 0.5) is 0 Å². The first kappa shape index (κ1) is 18.0. The van der Waals surface area contributed by atoms with Crippen molar-refractivity contribution in [3.05, 3.63) is 35.9 Å². The number of nitrogens with zero attached hydrogens (tertiary/aromatic N) is 1.